The van der Waals surface area contributed by atoms with Gasteiger partial charge in [0, 0.05) is 6.54 Å². The molecule has 0 aliphatic carbocycles. The molecule has 0 bridgehead atoms. The van der Waals surface area contributed by atoms with E-state index in [9.17, 15) is 4.79 Å². The maximum atomic E-state index is 11.9. The van der Waals surface area contributed by atoms with E-state index in [-0.39, 0.29) is 5.91 Å². The first-order valence-corrected chi connectivity index (χ1v) is 6.78. The topological polar surface area (TPSA) is 38.3 Å². The van der Waals surface area contributed by atoms with Crippen molar-refractivity contribution in [3.8, 4) is 5.75 Å². The van der Waals surface area contributed by atoms with Gasteiger partial charge in [-0.3, -0.25) is 4.79 Å². The number of fused-ring (bicyclic) bond motifs is 1. The summed E-state index contributed by atoms with van der Waals surface area (Å²) in [4.78, 5) is 11.9. The first-order chi connectivity index (χ1) is 9.74. The summed E-state index contributed by atoms with van der Waals surface area (Å²) < 4.78 is 5.78. The van der Waals surface area contributed by atoms with Crippen LogP contribution in [0.3, 0.4) is 0 Å². The van der Waals surface area contributed by atoms with Crippen LogP contribution >= 0.6 is 0 Å². The van der Waals surface area contributed by atoms with Crippen LogP contribution in [0, 0.1) is 0 Å². The Labute approximate surface area is 119 Å². The minimum Gasteiger partial charge on any atom is -0.481 e. The Morgan fingerprint density at radius 1 is 1.30 bits per heavy atom. The van der Waals surface area contributed by atoms with Crippen LogP contribution in [0.25, 0.3) is 10.8 Å². The number of rotatable bonds is 6. The zero-order chi connectivity index (χ0) is 14.4. The van der Waals surface area contributed by atoms with E-state index in [1.165, 1.54) is 0 Å². The smallest absolute Gasteiger partial charge is 0.261 e. The second kappa shape index (κ2) is 6.75. The molecule has 2 aromatic rings. The molecule has 0 saturated carbocycles. The first-order valence-electron chi connectivity index (χ1n) is 6.78. The molecule has 0 aliphatic heterocycles. The average Bonchev–Trinajstić information content (AvgIpc) is 2.50. The molecule has 2 aromatic carbocycles. The van der Waals surface area contributed by atoms with E-state index in [4.69, 9.17) is 4.74 Å². The molecule has 3 heteroatoms. The molecular formula is C17H19NO2. The number of carbonyl (C=O) groups is 1. The van der Waals surface area contributed by atoms with Gasteiger partial charge in [0.15, 0.2) is 6.10 Å². The molecule has 0 aliphatic rings. The summed E-state index contributed by atoms with van der Waals surface area (Å²) in [5, 5.41) is 5.02. The highest BCUT2D eigenvalue weighted by Gasteiger charge is 2.17. The highest BCUT2D eigenvalue weighted by molar-refractivity contribution is 5.84. The van der Waals surface area contributed by atoms with Crippen LogP contribution in [0.5, 0.6) is 5.75 Å². The lowest BCUT2D eigenvalue weighted by atomic mass is 10.1. The minimum atomic E-state index is -0.476. The molecule has 0 aromatic heterocycles. The fraction of sp³-hybridized carbons (Fsp3) is 0.235. The predicted molar refractivity (Wildman–Crippen MR) is 81.9 cm³/mol. The van der Waals surface area contributed by atoms with Crippen molar-refractivity contribution < 1.29 is 9.53 Å². The van der Waals surface area contributed by atoms with E-state index in [1.807, 2.05) is 49.4 Å². The molecule has 0 fully saturated rings. The van der Waals surface area contributed by atoms with E-state index in [0.717, 1.165) is 10.8 Å². The third-order valence-corrected chi connectivity index (χ3v) is 3.08. The number of carbonyl (C=O) groups excluding carboxylic acids is 1. The SMILES string of the molecule is C=CCNC(=O)C(CC)Oc1ccc2ccccc2c1. The third-order valence-electron chi connectivity index (χ3n) is 3.08. The highest BCUT2D eigenvalue weighted by Crippen LogP contribution is 2.21. The number of nitrogens with one attached hydrogen (secondary N) is 1. The van der Waals surface area contributed by atoms with E-state index in [0.29, 0.717) is 18.7 Å². The number of hydrogen-bond donors (Lipinski definition) is 1. The highest BCUT2D eigenvalue weighted by atomic mass is 16.5. The zero-order valence-corrected chi connectivity index (χ0v) is 11.6. The lowest BCUT2D eigenvalue weighted by Crippen LogP contribution is -2.37. The van der Waals surface area contributed by atoms with Gasteiger partial charge < -0.3 is 10.1 Å². The molecule has 104 valence electrons. The third kappa shape index (κ3) is 3.38. The van der Waals surface area contributed by atoms with Crippen molar-refractivity contribution in [2.45, 2.75) is 19.4 Å². The Kier molecular flexibility index (Phi) is 4.77. The lowest BCUT2D eigenvalue weighted by molar-refractivity contribution is -0.127. The van der Waals surface area contributed by atoms with Gasteiger partial charge in [-0.25, -0.2) is 0 Å². The molecular weight excluding hydrogens is 250 g/mol. The van der Waals surface area contributed by atoms with Gasteiger partial charge in [0.05, 0.1) is 0 Å². The minimum absolute atomic E-state index is 0.111. The van der Waals surface area contributed by atoms with E-state index < -0.39 is 6.10 Å². The second-order valence-corrected chi connectivity index (χ2v) is 4.56. The summed E-state index contributed by atoms with van der Waals surface area (Å²) in [6.45, 7) is 5.96. The average molecular weight is 269 g/mol. The van der Waals surface area contributed by atoms with Gasteiger partial charge >= 0.3 is 0 Å². The molecule has 0 radical (unpaired) electrons. The van der Waals surface area contributed by atoms with Crippen LogP contribution in [-0.2, 0) is 4.79 Å². The number of amides is 1. The monoisotopic (exact) mass is 269 g/mol. The predicted octanol–water partition coefficient (Wildman–Crippen LogP) is 3.30. The van der Waals surface area contributed by atoms with Crippen LogP contribution in [0.2, 0.25) is 0 Å². The molecule has 0 spiro atoms. The van der Waals surface area contributed by atoms with Crippen molar-refractivity contribution in [3.05, 3.63) is 55.1 Å². The van der Waals surface area contributed by atoms with Crippen LogP contribution in [0.1, 0.15) is 13.3 Å². The van der Waals surface area contributed by atoms with Crippen LogP contribution in [0.4, 0.5) is 0 Å². The van der Waals surface area contributed by atoms with Gasteiger partial charge in [0.1, 0.15) is 5.75 Å². The molecule has 0 heterocycles. The number of benzene rings is 2. The molecule has 1 unspecified atom stereocenters. The normalized spacial score (nSPS) is 11.8. The maximum absolute atomic E-state index is 11.9. The van der Waals surface area contributed by atoms with Crippen molar-refractivity contribution in [3.63, 3.8) is 0 Å². The summed E-state index contributed by atoms with van der Waals surface area (Å²) in [5.41, 5.74) is 0. The fourth-order valence-electron chi connectivity index (χ4n) is 2.01. The van der Waals surface area contributed by atoms with Crippen molar-refractivity contribution in [1.82, 2.24) is 5.32 Å². The summed E-state index contributed by atoms with van der Waals surface area (Å²) in [7, 11) is 0. The largest absolute Gasteiger partial charge is 0.481 e. The Balaban J connectivity index is 2.12. The number of ether oxygens (including phenoxy) is 1. The maximum Gasteiger partial charge on any atom is 0.261 e. The fourth-order valence-corrected chi connectivity index (χ4v) is 2.01. The number of hydrogen-bond acceptors (Lipinski definition) is 2. The van der Waals surface area contributed by atoms with Crippen molar-refractivity contribution in [1.29, 1.82) is 0 Å². The summed E-state index contributed by atoms with van der Waals surface area (Å²) in [6.07, 6.45) is 1.80. The molecule has 1 atom stereocenters. The molecule has 1 amide bonds. The molecule has 3 nitrogen and oxygen atoms in total. The molecule has 0 saturated heterocycles. The molecule has 1 N–H and O–H groups in total. The van der Waals surface area contributed by atoms with Gasteiger partial charge in [-0.1, -0.05) is 43.3 Å². The molecule has 20 heavy (non-hydrogen) atoms. The van der Waals surface area contributed by atoms with E-state index in [1.54, 1.807) is 6.08 Å². The van der Waals surface area contributed by atoms with Crippen LogP contribution < -0.4 is 10.1 Å². The van der Waals surface area contributed by atoms with Gasteiger partial charge in [-0.15, -0.1) is 6.58 Å². The van der Waals surface area contributed by atoms with Crippen molar-refractivity contribution in [2.75, 3.05) is 6.54 Å². The first kappa shape index (κ1) is 14.1. The summed E-state index contributed by atoms with van der Waals surface area (Å²) in [6, 6.07) is 13.9. The van der Waals surface area contributed by atoms with Crippen LogP contribution in [0.15, 0.2) is 55.1 Å². The standard InChI is InChI=1S/C17H19NO2/c1-3-11-18-17(19)16(4-2)20-15-10-9-13-7-5-6-8-14(13)12-15/h3,5-10,12,16H,1,4,11H2,2H3,(H,18,19). The van der Waals surface area contributed by atoms with Gasteiger partial charge in [-0.05, 0) is 29.3 Å². The Morgan fingerprint density at radius 2 is 2.05 bits per heavy atom. The Bertz CT molecular complexity index is 607. The van der Waals surface area contributed by atoms with Gasteiger partial charge in [0.2, 0.25) is 0 Å². The Hall–Kier alpha value is -2.29. The van der Waals surface area contributed by atoms with Gasteiger partial charge in [-0.2, -0.15) is 0 Å². The van der Waals surface area contributed by atoms with Crippen LogP contribution in [-0.4, -0.2) is 18.6 Å². The summed E-state index contributed by atoms with van der Waals surface area (Å²) in [5.74, 6) is 0.602. The quantitative estimate of drug-likeness (QED) is 0.817. The second-order valence-electron chi connectivity index (χ2n) is 4.56. The zero-order valence-electron chi connectivity index (χ0n) is 11.6. The summed E-state index contributed by atoms with van der Waals surface area (Å²) >= 11 is 0. The van der Waals surface area contributed by atoms with Gasteiger partial charge in [0.25, 0.3) is 5.91 Å². The van der Waals surface area contributed by atoms with E-state index >= 15 is 0 Å². The molecule has 2 rings (SSSR count). The Morgan fingerprint density at radius 3 is 2.75 bits per heavy atom. The lowest BCUT2D eigenvalue weighted by Gasteiger charge is -2.17. The van der Waals surface area contributed by atoms with Crippen molar-refractivity contribution in [2.24, 2.45) is 0 Å². The van der Waals surface area contributed by atoms with E-state index in [2.05, 4.69) is 11.9 Å². The van der Waals surface area contributed by atoms with Crippen molar-refractivity contribution >= 4 is 16.7 Å².